The summed E-state index contributed by atoms with van der Waals surface area (Å²) < 4.78 is 6.58. The first kappa shape index (κ1) is 27.7. The van der Waals surface area contributed by atoms with Crippen LogP contribution in [0.5, 0.6) is 0 Å². The molecule has 0 aliphatic carbocycles. The topological polar surface area (TPSA) is 13.1 Å². The van der Waals surface area contributed by atoms with E-state index in [9.17, 15) is 0 Å². The van der Waals surface area contributed by atoms with Crippen molar-refractivity contribution < 1.29 is 4.42 Å². The van der Waals surface area contributed by atoms with Crippen molar-refractivity contribution in [1.29, 1.82) is 0 Å². The predicted molar refractivity (Wildman–Crippen MR) is 208 cm³/mol. The summed E-state index contributed by atoms with van der Waals surface area (Å²) in [6.07, 6.45) is 0. The van der Waals surface area contributed by atoms with E-state index in [1.807, 2.05) is 0 Å². The highest BCUT2D eigenvalue weighted by Crippen LogP contribution is 2.47. The summed E-state index contributed by atoms with van der Waals surface area (Å²) in [7, 11) is 0. The molecule has 1 nitrogen and oxygen atoms in total. The normalized spacial score (nSPS) is 11.7. The van der Waals surface area contributed by atoms with E-state index in [1.165, 1.54) is 71.3 Å². The fourth-order valence-corrected chi connectivity index (χ4v) is 7.89. The van der Waals surface area contributed by atoms with Crippen molar-refractivity contribution in [3.05, 3.63) is 182 Å². The Balaban J connectivity index is 1.23. The summed E-state index contributed by atoms with van der Waals surface area (Å²) in [6.45, 7) is 0. The molecule has 0 bridgehead atoms. The van der Waals surface area contributed by atoms with E-state index in [2.05, 4.69) is 182 Å². The molecule has 0 amide bonds. The van der Waals surface area contributed by atoms with Crippen molar-refractivity contribution in [1.82, 2.24) is 0 Å². The highest BCUT2D eigenvalue weighted by atomic mass is 16.3. The van der Waals surface area contributed by atoms with E-state index < -0.39 is 0 Å². The molecule has 1 heteroatoms. The van der Waals surface area contributed by atoms with Crippen molar-refractivity contribution in [2.24, 2.45) is 0 Å². The Labute approximate surface area is 284 Å². The van der Waals surface area contributed by atoms with Crippen LogP contribution >= 0.6 is 0 Å². The van der Waals surface area contributed by atoms with Crippen LogP contribution in [0.15, 0.2) is 186 Å². The molecule has 9 aromatic carbocycles. The Kier molecular flexibility index (Phi) is 6.25. The van der Waals surface area contributed by atoms with Crippen LogP contribution in [-0.2, 0) is 0 Å². The van der Waals surface area contributed by atoms with Gasteiger partial charge in [0, 0.05) is 10.8 Å². The lowest BCUT2D eigenvalue weighted by molar-refractivity contribution is 0.669. The first-order valence-electron chi connectivity index (χ1n) is 16.8. The van der Waals surface area contributed by atoms with Crippen molar-refractivity contribution in [2.75, 3.05) is 0 Å². The van der Waals surface area contributed by atoms with Crippen molar-refractivity contribution in [3.63, 3.8) is 0 Å². The second kappa shape index (κ2) is 11.1. The molecule has 0 unspecified atom stereocenters. The summed E-state index contributed by atoms with van der Waals surface area (Å²) in [5.41, 5.74) is 11.5. The minimum absolute atomic E-state index is 0.901. The van der Waals surface area contributed by atoms with Crippen molar-refractivity contribution >= 4 is 54.3 Å². The lowest BCUT2D eigenvalue weighted by Crippen LogP contribution is -1.91. The van der Waals surface area contributed by atoms with Crippen LogP contribution in [0.25, 0.3) is 98.8 Å². The first-order chi connectivity index (χ1) is 24.3. The number of rotatable bonds is 4. The number of fused-ring (bicyclic) bond motifs is 6. The molecule has 0 spiro atoms. The number of hydrogen-bond donors (Lipinski definition) is 0. The number of hydrogen-bond acceptors (Lipinski definition) is 1. The molecule has 10 aromatic rings. The van der Waals surface area contributed by atoms with Gasteiger partial charge < -0.3 is 4.42 Å². The van der Waals surface area contributed by atoms with E-state index in [0.29, 0.717) is 0 Å². The van der Waals surface area contributed by atoms with E-state index >= 15 is 0 Å². The summed E-state index contributed by atoms with van der Waals surface area (Å²) in [6, 6.07) is 65.7. The third kappa shape index (κ3) is 4.40. The molecular formula is C48H30O. The van der Waals surface area contributed by atoms with Crippen LogP contribution < -0.4 is 0 Å². The molecule has 1 aromatic heterocycles. The molecule has 1 heterocycles. The summed E-state index contributed by atoms with van der Waals surface area (Å²) in [5.74, 6) is 0. The molecule has 0 aliphatic heterocycles. The summed E-state index contributed by atoms with van der Waals surface area (Å²) in [5, 5.41) is 9.74. The average molecular weight is 623 g/mol. The van der Waals surface area contributed by atoms with Gasteiger partial charge in [-0.05, 0) is 101 Å². The van der Waals surface area contributed by atoms with Gasteiger partial charge in [0.2, 0.25) is 0 Å². The SMILES string of the molecule is c1ccc(-c2ccc3c(c2)oc2cccc(-c4c5ccccc5c(-c5cccc(-c6cccc7ccccc67)c5)c5ccccc45)c23)cc1. The fraction of sp³-hybridized carbons (Fsp3) is 0. The molecular weight excluding hydrogens is 593 g/mol. The van der Waals surface area contributed by atoms with Gasteiger partial charge in [0.1, 0.15) is 11.2 Å². The van der Waals surface area contributed by atoms with Crippen LogP contribution in [0.4, 0.5) is 0 Å². The Morgan fingerprint density at radius 1 is 0.286 bits per heavy atom. The second-order valence-corrected chi connectivity index (χ2v) is 12.8. The van der Waals surface area contributed by atoms with Gasteiger partial charge in [-0.2, -0.15) is 0 Å². The highest BCUT2D eigenvalue weighted by Gasteiger charge is 2.20. The van der Waals surface area contributed by atoms with Gasteiger partial charge >= 0.3 is 0 Å². The third-order valence-electron chi connectivity index (χ3n) is 10.1. The molecule has 0 radical (unpaired) electrons. The van der Waals surface area contributed by atoms with Crippen molar-refractivity contribution in [2.45, 2.75) is 0 Å². The lowest BCUT2D eigenvalue weighted by atomic mass is 9.84. The molecule has 0 saturated carbocycles. The molecule has 10 rings (SSSR count). The largest absolute Gasteiger partial charge is 0.456 e. The van der Waals surface area contributed by atoms with Gasteiger partial charge in [-0.25, -0.2) is 0 Å². The fourth-order valence-electron chi connectivity index (χ4n) is 7.89. The molecule has 0 atom stereocenters. The second-order valence-electron chi connectivity index (χ2n) is 12.8. The smallest absolute Gasteiger partial charge is 0.136 e. The van der Waals surface area contributed by atoms with E-state index in [4.69, 9.17) is 4.42 Å². The Bertz CT molecular complexity index is 2810. The quantitative estimate of drug-likeness (QED) is 0.178. The van der Waals surface area contributed by atoms with Crippen LogP contribution in [0.2, 0.25) is 0 Å². The van der Waals surface area contributed by atoms with Gasteiger partial charge in [-0.15, -0.1) is 0 Å². The molecule has 0 aliphatic rings. The predicted octanol–water partition coefficient (Wildman–Crippen LogP) is 13.7. The van der Waals surface area contributed by atoms with Gasteiger partial charge in [0.05, 0.1) is 0 Å². The summed E-state index contributed by atoms with van der Waals surface area (Å²) in [4.78, 5) is 0. The Morgan fingerprint density at radius 3 is 1.63 bits per heavy atom. The lowest BCUT2D eigenvalue weighted by Gasteiger charge is -2.19. The van der Waals surface area contributed by atoms with Crippen LogP contribution in [0.1, 0.15) is 0 Å². The Morgan fingerprint density at radius 2 is 0.857 bits per heavy atom. The number of furan rings is 1. The van der Waals surface area contributed by atoms with Gasteiger partial charge in [-0.1, -0.05) is 158 Å². The highest BCUT2D eigenvalue weighted by molar-refractivity contribution is 6.25. The standard InChI is InChI=1S/C48H30O/c1-2-13-31(14-3-1)33-27-28-42-45(30-33)49-44-26-12-25-43(48(42)44)47-40-22-8-6-20-38(40)46(39-21-7-9-23-41(39)47)35-18-10-17-34(29-35)37-24-11-16-32-15-4-5-19-36(32)37/h1-30H. The van der Waals surface area contributed by atoms with Crippen LogP contribution in [0, 0.1) is 0 Å². The minimum Gasteiger partial charge on any atom is -0.456 e. The van der Waals surface area contributed by atoms with Gasteiger partial charge in [-0.3, -0.25) is 0 Å². The minimum atomic E-state index is 0.901. The summed E-state index contributed by atoms with van der Waals surface area (Å²) >= 11 is 0. The monoisotopic (exact) mass is 622 g/mol. The van der Waals surface area contributed by atoms with E-state index in [0.717, 1.165) is 27.5 Å². The van der Waals surface area contributed by atoms with E-state index in [-0.39, 0.29) is 0 Å². The van der Waals surface area contributed by atoms with E-state index in [1.54, 1.807) is 0 Å². The van der Waals surface area contributed by atoms with Gasteiger partial charge in [0.25, 0.3) is 0 Å². The first-order valence-corrected chi connectivity index (χ1v) is 16.8. The Hall–Kier alpha value is -6.44. The number of benzene rings is 9. The maximum absolute atomic E-state index is 6.58. The maximum atomic E-state index is 6.58. The van der Waals surface area contributed by atoms with Crippen molar-refractivity contribution in [3.8, 4) is 44.5 Å². The van der Waals surface area contributed by atoms with Crippen LogP contribution in [0.3, 0.4) is 0 Å². The molecule has 228 valence electrons. The zero-order chi connectivity index (χ0) is 32.3. The molecule has 0 fully saturated rings. The molecule has 0 saturated heterocycles. The molecule has 49 heavy (non-hydrogen) atoms. The van der Waals surface area contributed by atoms with Gasteiger partial charge in [0.15, 0.2) is 0 Å². The maximum Gasteiger partial charge on any atom is 0.136 e. The molecule has 0 N–H and O–H groups in total. The third-order valence-corrected chi connectivity index (χ3v) is 10.1. The average Bonchev–Trinajstić information content (AvgIpc) is 3.55. The zero-order valence-electron chi connectivity index (χ0n) is 26.7. The van der Waals surface area contributed by atoms with Crippen LogP contribution in [-0.4, -0.2) is 0 Å². The zero-order valence-corrected chi connectivity index (χ0v) is 26.7.